The van der Waals surface area contributed by atoms with Crippen molar-refractivity contribution in [3.63, 3.8) is 0 Å². The van der Waals surface area contributed by atoms with E-state index >= 15 is 0 Å². The molecule has 2 aromatic rings. The standard InChI is InChI=1S/C28H35N3O3/c1-19(31-24-8-9-25(31)18-34-17-24)21-7-11-27-22(14-21)12-13-30(28(27)33)16-26(32)10-6-20-4-2-3-5-23(20)15-29/h2-5,7,11,14,24-26,32H,1,6,8-10,12-13,15-18,29H2. The highest BCUT2D eigenvalue weighted by Gasteiger charge is 2.38. The molecule has 0 radical (unpaired) electrons. The van der Waals surface area contributed by atoms with Crippen LogP contribution in [0.5, 0.6) is 0 Å². The molecule has 3 aliphatic rings. The maximum absolute atomic E-state index is 13.2. The number of aliphatic hydroxyl groups excluding tert-OH is 1. The summed E-state index contributed by atoms with van der Waals surface area (Å²) >= 11 is 0. The summed E-state index contributed by atoms with van der Waals surface area (Å²) in [4.78, 5) is 17.4. The van der Waals surface area contributed by atoms with Gasteiger partial charge in [0, 0.05) is 30.9 Å². The molecule has 3 aliphatic heterocycles. The number of nitrogens with zero attached hydrogens (tertiary/aromatic N) is 2. The number of carbonyl (C=O) groups is 1. The number of aliphatic hydroxyl groups is 1. The largest absolute Gasteiger partial charge is 0.391 e. The van der Waals surface area contributed by atoms with Crippen LogP contribution in [0.25, 0.3) is 5.70 Å². The predicted molar refractivity (Wildman–Crippen MR) is 133 cm³/mol. The van der Waals surface area contributed by atoms with Crippen LogP contribution in [0.4, 0.5) is 0 Å². The second-order valence-electron chi connectivity index (χ2n) is 9.81. The number of hydrogen-bond acceptors (Lipinski definition) is 5. The van der Waals surface area contributed by atoms with Gasteiger partial charge in [-0.25, -0.2) is 0 Å². The Morgan fingerprint density at radius 2 is 1.88 bits per heavy atom. The normalized spacial score (nSPS) is 22.6. The molecule has 6 heteroatoms. The first kappa shape index (κ1) is 23.1. The second-order valence-corrected chi connectivity index (χ2v) is 9.81. The number of rotatable bonds is 8. The number of ether oxygens (including phenoxy) is 1. The maximum Gasteiger partial charge on any atom is 0.254 e. The van der Waals surface area contributed by atoms with E-state index in [-0.39, 0.29) is 5.91 Å². The Labute approximate surface area is 202 Å². The molecule has 0 saturated carbocycles. The molecule has 3 atom stereocenters. The molecule has 5 rings (SSSR count). The molecule has 1 amide bonds. The number of β-amino-alcohol motifs (C(OH)–C–C–N with tert-alkyl or cyclic N) is 1. The van der Waals surface area contributed by atoms with Crippen molar-refractivity contribution in [1.82, 2.24) is 9.80 Å². The van der Waals surface area contributed by atoms with Gasteiger partial charge in [-0.15, -0.1) is 0 Å². The number of aryl methyl sites for hydroxylation is 1. The average molecular weight is 462 g/mol. The van der Waals surface area contributed by atoms with Gasteiger partial charge in [-0.3, -0.25) is 4.79 Å². The summed E-state index contributed by atoms with van der Waals surface area (Å²) in [6.07, 6.45) is 3.90. The highest BCUT2D eigenvalue weighted by molar-refractivity contribution is 5.97. The summed E-state index contributed by atoms with van der Waals surface area (Å²) < 4.78 is 5.72. The number of benzene rings is 2. The van der Waals surface area contributed by atoms with E-state index in [4.69, 9.17) is 10.5 Å². The third-order valence-corrected chi connectivity index (χ3v) is 7.68. The molecule has 2 fully saturated rings. The van der Waals surface area contributed by atoms with Gasteiger partial charge in [0.15, 0.2) is 0 Å². The van der Waals surface area contributed by atoms with Gasteiger partial charge in [0.2, 0.25) is 0 Å². The van der Waals surface area contributed by atoms with Gasteiger partial charge in [-0.2, -0.15) is 0 Å². The third kappa shape index (κ3) is 4.50. The number of morpholine rings is 1. The first-order chi connectivity index (χ1) is 16.5. The minimum atomic E-state index is -0.563. The van der Waals surface area contributed by atoms with Crippen LogP contribution in [0.2, 0.25) is 0 Å². The fourth-order valence-electron chi connectivity index (χ4n) is 5.78. The van der Waals surface area contributed by atoms with E-state index in [1.54, 1.807) is 4.90 Å². The lowest BCUT2D eigenvalue weighted by Crippen LogP contribution is -2.44. The molecule has 0 aromatic heterocycles. The Kier molecular flexibility index (Phi) is 6.73. The van der Waals surface area contributed by atoms with Crippen molar-refractivity contribution in [3.05, 3.63) is 76.9 Å². The van der Waals surface area contributed by atoms with E-state index in [9.17, 15) is 9.90 Å². The van der Waals surface area contributed by atoms with Crippen molar-refractivity contribution in [1.29, 1.82) is 0 Å². The number of hydrogen-bond donors (Lipinski definition) is 2. The van der Waals surface area contributed by atoms with E-state index in [1.165, 1.54) is 5.56 Å². The van der Waals surface area contributed by atoms with Crippen molar-refractivity contribution in [2.75, 3.05) is 26.3 Å². The van der Waals surface area contributed by atoms with Gasteiger partial charge in [0.1, 0.15) is 0 Å². The van der Waals surface area contributed by atoms with Crippen LogP contribution in [0.1, 0.15) is 51.9 Å². The smallest absolute Gasteiger partial charge is 0.254 e. The lowest BCUT2D eigenvalue weighted by molar-refractivity contribution is 0.0156. The highest BCUT2D eigenvalue weighted by atomic mass is 16.5. The Morgan fingerprint density at radius 1 is 1.15 bits per heavy atom. The monoisotopic (exact) mass is 461 g/mol. The molecule has 2 aromatic carbocycles. The van der Waals surface area contributed by atoms with Crippen LogP contribution >= 0.6 is 0 Å². The highest BCUT2D eigenvalue weighted by Crippen LogP contribution is 2.36. The molecule has 3 unspecified atom stereocenters. The number of nitrogens with two attached hydrogens (primary N) is 1. The lowest BCUT2D eigenvalue weighted by Gasteiger charge is -2.38. The summed E-state index contributed by atoms with van der Waals surface area (Å²) in [7, 11) is 0. The Hall–Kier alpha value is -2.67. The van der Waals surface area contributed by atoms with Gasteiger partial charge < -0.3 is 25.4 Å². The van der Waals surface area contributed by atoms with Crippen molar-refractivity contribution in [2.45, 2.75) is 56.8 Å². The second kappa shape index (κ2) is 9.90. The molecule has 6 nitrogen and oxygen atoms in total. The molecule has 2 bridgehead atoms. The van der Waals surface area contributed by atoms with Crippen molar-refractivity contribution in [3.8, 4) is 0 Å². The average Bonchev–Trinajstić information content (AvgIpc) is 3.11. The fraction of sp³-hybridized carbons (Fsp3) is 0.464. The molecule has 2 saturated heterocycles. The molecule has 0 aliphatic carbocycles. The number of fused-ring (bicyclic) bond motifs is 3. The van der Waals surface area contributed by atoms with Gasteiger partial charge in [-0.05, 0) is 66.5 Å². The minimum Gasteiger partial charge on any atom is -0.391 e. The van der Waals surface area contributed by atoms with Crippen LogP contribution < -0.4 is 5.73 Å². The van der Waals surface area contributed by atoms with Crippen LogP contribution in [0.15, 0.2) is 49.0 Å². The van der Waals surface area contributed by atoms with Crippen LogP contribution in [0, 0.1) is 0 Å². The Bertz CT molecular complexity index is 1050. The van der Waals surface area contributed by atoms with Crippen LogP contribution in [-0.4, -0.2) is 65.3 Å². The summed E-state index contributed by atoms with van der Waals surface area (Å²) in [5.74, 6) is 0.00580. The predicted octanol–water partition coefficient (Wildman–Crippen LogP) is 2.97. The summed E-state index contributed by atoms with van der Waals surface area (Å²) in [6, 6.07) is 15.0. The van der Waals surface area contributed by atoms with E-state index in [0.29, 0.717) is 38.1 Å². The van der Waals surface area contributed by atoms with Crippen molar-refractivity contribution < 1.29 is 14.6 Å². The zero-order chi connectivity index (χ0) is 23.7. The first-order valence-electron chi connectivity index (χ1n) is 12.5. The topological polar surface area (TPSA) is 79.0 Å². The van der Waals surface area contributed by atoms with E-state index in [1.807, 2.05) is 30.3 Å². The number of carbonyl (C=O) groups excluding carboxylic acids is 1. The number of amides is 1. The van der Waals surface area contributed by atoms with Gasteiger partial charge in [0.05, 0.1) is 31.4 Å². The first-order valence-corrected chi connectivity index (χ1v) is 12.5. The fourth-order valence-corrected chi connectivity index (χ4v) is 5.78. The molecule has 3 N–H and O–H groups in total. The van der Waals surface area contributed by atoms with E-state index < -0.39 is 6.10 Å². The Balaban J connectivity index is 1.21. The molecule has 0 spiro atoms. The van der Waals surface area contributed by atoms with Crippen molar-refractivity contribution >= 4 is 11.6 Å². The third-order valence-electron chi connectivity index (χ3n) is 7.68. The van der Waals surface area contributed by atoms with Gasteiger partial charge >= 0.3 is 0 Å². The van der Waals surface area contributed by atoms with E-state index in [2.05, 4.69) is 23.6 Å². The van der Waals surface area contributed by atoms with Crippen LogP contribution in [0.3, 0.4) is 0 Å². The van der Waals surface area contributed by atoms with E-state index in [0.717, 1.165) is 66.8 Å². The summed E-state index contributed by atoms with van der Waals surface area (Å²) in [5.41, 5.74) is 12.1. The van der Waals surface area contributed by atoms with Crippen molar-refractivity contribution in [2.24, 2.45) is 5.73 Å². The quantitative estimate of drug-likeness (QED) is 0.632. The zero-order valence-electron chi connectivity index (χ0n) is 19.8. The van der Waals surface area contributed by atoms with Gasteiger partial charge in [-0.1, -0.05) is 36.9 Å². The molecule has 180 valence electrons. The maximum atomic E-state index is 13.2. The lowest BCUT2D eigenvalue weighted by atomic mass is 9.94. The SMILES string of the molecule is C=C(c1ccc2c(c1)CCN(CC(O)CCc1ccccc1CN)C2=O)N1C2CCC1COC2. The molecule has 3 heterocycles. The zero-order valence-corrected chi connectivity index (χ0v) is 19.8. The van der Waals surface area contributed by atoms with Gasteiger partial charge in [0.25, 0.3) is 5.91 Å². The summed E-state index contributed by atoms with van der Waals surface area (Å²) in [6.45, 7) is 7.42. The Morgan fingerprint density at radius 3 is 2.62 bits per heavy atom. The summed E-state index contributed by atoms with van der Waals surface area (Å²) in [5, 5.41) is 10.7. The molecular weight excluding hydrogens is 426 g/mol. The molecular formula is C28H35N3O3. The van der Waals surface area contributed by atoms with Crippen LogP contribution in [-0.2, 0) is 24.1 Å². The molecule has 34 heavy (non-hydrogen) atoms. The minimum absolute atomic E-state index is 0.00580.